The van der Waals surface area contributed by atoms with Crippen molar-refractivity contribution in [3.05, 3.63) is 103 Å². The van der Waals surface area contributed by atoms with Crippen LogP contribution in [0.2, 0.25) is 0 Å². The molecular weight excluding hydrogens is 580 g/mol. The molecule has 0 heterocycles. The minimum Gasteiger partial charge on any atom is -0.459 e. The second-order valence-electron chi connectivity index (χ2n) is 11.4. The maximum absolute atomic E-state index is 13.1. The molecule has 230 valence electrons. The molecule has 0 aliphatic rings. The highest BCUT2D eigenvalue weighted by Gasteiger charge is 2.32. The summed E-state index contributed by atoms with van der Waals surface area (Å²) < 4.78 is 45.1. The van der Waals surface area contributed by atoms with E-state index in [0.29, 0.717) is 22.9 Å². The van der Waals surface area contributed by atoms with Crippen LogP contribution in [0.4, 0.5) is 10.5 Å². The largest absolute Gasteiger partial charge is 0.459 e. The van der Waals surface area contributed by atoms with E-state index in [4.69, 9.17) is 14.2 Å². The molecule has 0 saturated carbocycles. The molecule has 44 heavy (non-hydrogen) atoms. The molecule has 0 aliphatic carbocycles. The molecule has 1 atom stereocenters. The summed E-state index contributed by atoms with van der Waals surface area (Å²) >= 11 is 0. The highest BCUT2D eigenvalue weighted by molar-refractivity contribution is 7.89. The van der Waals surface area contributed by atoms with Crippen LogP contribution in [-0.4, -0.2) is 32.1 Å². The highest BCUT2D eigenvalue weighted by Crippen LogP contribution is 2.26. The summed E-state index contributed by atoms with van der Waals surface area (Å²) in [5, 5.41) is 2.68. The molecule has 4 rings (SSSR count). The van der Waals surface area contributed by atoms with Crippen LogP contribution in [0.25, 0.3) is 11.1 Å². The van der Waals surface area contributed by atoms with Gasteiger partial charge in [0.2, 0.25) is 10.0 Å². The van der Waals surface area contributed by atoms with Crippen molar-refractivity contribution in [2.24, 2.45) is 5.92 Å². The smallest absolute Gasteiger partial charge is 0.417 e. The van der Waals surface area contributed by atoms with Gasteiger partial charge in [-0.2, -0.15) is 4.72 Å². The zero-order valence-corrected chi connectivity index (χ0v) is 26.1. The SMILES string of the molecule is CC(C)[C@@H](NS(=O)(=O)c1ccc(-c2ccc(OC(=O)Nc3ccc(Oc4ccccc4)cc3)cc2)cc1)C(=O)OC(C)(C)C. The van der Waals surface area contributed by atoms with Crippen molar-refractivity contribution < 1.29 is 32.2 Å². The van der Waals surface area contributed by atoms with E-state index in [0.717, 1.165) is 11.1 Å². The molecule has 9 nitrogen and oxygen atoms in total. The lowest BCUT2D eigenvalue weighted by molar-refractivity contribution is -0.158. The number of anilines is 1. The highest BCUT2D eigenvalue weighted by atomic mass is 32.2. The number of ether oxygens (including phenoxy) is 3. The van der Waals surface area contributed by atoms with Crippen LogP contribution in [0.15, 0.2) is 108 Å². The van der Waals surface area contributed by atoms with Crippen molar-refractivity contribution in [2.45, 2.75) is 51.2 Å². The third-order valence-electron chi connectivity index (χ3n) is 6.25. The summed E-state index contributed by atoms with van der Waals surface area (Å²) in [7, 11) is -3.99. The number of rotatable bonds is 10. The zero-order valence-electron chi connectivity index (χ0n) is 25.2. The number of carbonyl (C=O) groups is 2. The number of amides is 1. The van der Waals surface area contributed by atoms with Gasteiger partial charge in [-0.15, -0.1) is 0 Å². The molecule has 1 amide bonds. The van der Waals surface area contributed by atoms with E-state index in [1.807, 2.05) is 30.3 Å². The van der Waals surface area contributed by atoms with Crippen molar-refractivity contribution in [3.63, 3.8) is 0 Å². The van der Waals surface area contributed by atoms with Crippen LogP contribution in [0.1, 0.15) is 34.6 Å². The Morgan fingerprint density at radius 3 is 1.77 bits per heavy atom. The normalized spacial score (nSPS) is 12.3. The van der Waals surface area contributed by atoms with Crippen molar-refractivity contribution in [2.75, 3.05) is 5.32 Å². The van der Waals surface area contributed by atoms with Crippen LogP contribution in [0.5, 0.6) is 17.2 Å². The van der Waals surface area contributed by atoms with Gasteiger partial charge >= 0.3 is 12.1 Å². The van der Waals surface area contributed by atoms with Gasteiger partial charge in [0.25, 0.3) is 0 Å². The second-order valence-corrected chi connectivity index (χ2v) is 13.1. The maximum Gasteiger partial charge on any atom is 0.417 e. The maximum atomic E-state index is 13.1. The first-order valence-corrected chi connectivity index (χ1v) is 15.5. The molecule has 2 N–H and O–H groups in total. The summed E-state index contributed by atoms with van der Waals surface area (Å²) in [6, 6.07) is 28.3. The van der Waals surface area contributed by atoms with E-state index in [1.165, 1.54) is 12.1 Å². The number of hydrogen-bond acceptors (Lipinski definition) is 7. The first kappa shape index (κ1) is 32.2. The number of benzene rings is 4. The first-order chi connectivity index (χ1) is 20.8. The van der Waals surface area contributed by atoms with Gasteiger partial charge < -0.3 is 14.2 Å². The summed E-state index contributed by atoms with van der Waals surface area (Å²) in [6.45, 7) is 8.68. The second kappa shape index (κ2) is 13.7. The molecule has 0 radical (unpaired) electrons. The molecule has 4 aromatic rings. The fraction of sp³-hybridized carbons (Fsp3) is 0.235. The van der Waals surface area contributed by atoms with E-state index < -0.39 is 33.7 Å². The van der Waals surface area contributed by atoms with Gasteiger partial charge in [-0.3, -0.25) is 10.1 Å². The van der Waals surface area contributed by atoms with Crippen LogP contribution in [0.3, 0.4) is 0 Å². The molecule has 0 aromatic heterocycles. The Morgan fingerprint density at radius 2 is 1.23 bits per heavy atom. The minimum absolute atomic E-state index is 0.0201. The van der Waals surface area contributed by atoms with Crippen molar-refractivity contribution in [3.8, 4) is 28.4 Å². The predicted octanol–water partition coefficient (Wildman–Crippen LogP) is 7.40. The topological polar surface area (TPSA) is 120 Å². The molecule has 0 aliphatic heterocycles. The van der Waals surface area contributed by atoms with Crippen molar-refractivity contribution >= 4 is 27.8 Å². The fourth-order valence-electron chi connectivity index (χ4n) is 4.08. The molecule has 0 bridgehead atoms. The Labute approximate surface area is 258 Å². The summed E-state index contributed by atoms with van der Waals surface area (Å²) in [4.78, 5) is 25.1. The third-order valence-corrected chi connectivity index (χ3v) is 7.71. The minimum atomic E-state index is -3.99. The molecule has 0 saturated heterocycles. The lowest BCUT2D eigenvalue weighted by atomic mass is 10.1. The average molecular weight is 617 g/mol. The Balaban J connectivity index is 1.34. The number of carbonyl (C=O) groups excluding carboxylic acids is 2. The quantitative estimate of drug-likeness (QED) is 0.178. The fourth-order valence-corrected chi connectivity index (χ4v) is 5.41. The molecule has 0 spiro atoms. The van der Waals surface area contributed by atoms with E-state index in [9.17, 15) is 18.0 Å². The number of esters is 1. The van der Waals surface area contributed by atoms with Gasteiger partial charge in [-0.25, -0.2) is 13.2 Å². The summed E-state index contributed by atoms with van der Waals surface area (Å²) in [6.07, 6.45) is -0.650. The van der Waals surface area contributed by atoms with Crippen molar-refractivity contribution in [1.29, 1.82) is 0 Å². The van der Waals surface area contributed by atoms with E-state index in [2.05, 4.69) is 10.0 Å². The van der Waals surface area contributed by atoms with Crippen LogP contribution < -0.4 is 19.5 Å². The van der Waals surface area contributed by atoms with E-state index in [1.54, 1.807) is 95.3 Å². The predicted molar refractivity (Wildman–Crippen MR) is 169 cm³/mol. The van der Waals surface area contributed by atoms with Gasteiger partial charge in [-0.1, -0.05) is 56.3 Å². The summed E-state index contributed by atoms with van der Waals surface area (Å²) in [5.41, 5.74) is 1.34. The Morgan fingerprint density at radius 1 is 0.705 bits per heavy atom. The molecule has 0 fully saturated rings. The zero-order chi connectivity index (χ0) is 31.9. The summed E-state index contributed by atoms with van der Waals surface area (Å²) in [5.74, 6) is 0.731. The van der Waals surface area contributed by atoms with Crippen LogP contribution in [0, 0.1) is 5.92 Å². The Bertz CT molecular complexity index is 1660. The first-order valence-electron chi connectivity index (χ1n) is 14.1. The lowest BCUT2D eigenvalue weighted by Crippen LogP contribution is -2.47. The van der Waals surface area contributed by atoms with Crippen molar-refractivity contribution in [1.82, 2.24) is 4.72 Å². The third kappa shape index (κ3) is 9.16. The number of hydrogen-bond donors (Lipinski definition) is 2. The molecular formula is C34H36N2O7S. The van der Waals surface area contributed by atoms with Crippen LogP contribution >= 0.6 is 0 Å². The van der Waals surface area contributed by atoms with E-state index in [-0.39, 0.29) is 10.8 Å². The van der Waals surface area contributed by atoms with Gasteiger partial charge in [-0.05, 0) is 98.5 Å². The molecule has 10 heteroatoms. The standard InChI is InChI=1S/C34H36N2O7S/c1-23(2)31(32(37)43-34(3,4)5)36-44(39,40)30-21-13-25(14-22-30)24-11-17-29(18-12-24)42-33(38)35-26-15-19-28(20-16-26)41-27-9-7-6-8-10-27/h6-23,31,36H,1-5H3,(H,35,38)/t31-/m1/s1. The molecule has 4 aromatic carbocycles. The lowest BCUT2D eigenvalue weighted by Gasteiger charge is -2.26. The van der Waals surface area contributed by atoms with Gasteiger partial charge in [0.15, 0.2) is 0 Å². The number of nitrogens with one attached hydrogen (secondary N) is 2. The number of sulfonamides is 1. The van der Waals surface area contributed by atoms with Gasteiger partial charge in [0.1, 0.15) is 28.9 Å². The molecule has 0 unspecified atom stereocenters. The number of para-hydroxylation sites is 1. The average Bonchev–Trinajstić information content (AvgIpc) is 2.97. The van der Waals surface area contributed by atoms with Crippen LogP contribution in [-0.2, 0) is 19.6 Å². The van der Waals surface area contributed by atoms with Gasteiger partial charge in [0, 0.05) is 5.69 Å². The van der Waals surface area contributed by atoms with Gasteiger partial charge in [0.05, 0.1) is 4.90 Å². The Kier molecular flexibility index (Phi) is 10.1. The monoisotopic (exact) mass is 616 g/mol. The van der Waals surface area contributed by atoms with E-state index >= 15 is 0 Å². The Hall–Kier alpha value is -4.67.